The Morgan fingerprint density at radius 1 is 0.741 bits per heavy atom. The number of allylic oxidation sites excluding steroid dienone is 1. The molecule has 4 fully saturated rings. The van der Waals surface area contributed by atoms with Gasteiger partial charge in [0.1, 0.15) is 0 Å². The lowest BCUT2D eigenvalue weighted by Gasteiger charge is -2.45. The summed E-state index contributed by atoms with van der Waals surface area (Å²) < 4.78 is 0. The molecule has 0 radical (unpaired) electrons. The van der Waals surface area contributed by atoms with Gasteiger partial charge in [-0.05, 0) is 94.3 Å². The summed E-state index contributed by atoms with van der Waals surface area (Å²) in [6.45, 7) is 6.65. The molecule has 0 aromatic rings. The van der Waals surface area contributed by atoms with Crippen molar-refractivity contribution in [3.05, 3.63) is 12.2 Å². The van der Waals surface area contributed by atoms with E-state index >= 15 is 0 Å². The second-order valence-corrected chi connectivity index (χ2v) is 10.8. The molecule has 154 valence electrons. The standard InChI is InChI=1S/C25H42O2/c1-18(19-9-5-3-6-10-19)20-13-16-25(27,21-11-7-4-8-12-21)22-14-15-24(2,26)23(22)17-20/h19-23,26-27H,1,3-17H2,2H3. The minimum absolute atomic E-state index is 0.247. The Hall–Kier alpha value is -0.340. The van der Waals surface area contributed by atoms with Crippen molar-refractivity contribution < 1.29 is 10.2 Å². The van der Waals surface area contributed by atoms with Gasteiger partial charge in [-0.3, -0.25) is 0 Å². The molecule has 0 aliphatic heterocycles. The van der Waals surface area contributed by atoms with E-state index < -0.39 is 11.2 Å². The van der Waals surface area contributed by atoms with E-state index in [1.54, 1.807) is 0 Å². The maximum absolute atomic E-state index is 12.0. The van der Waals surface area contributed by atoms with Gasteiger partial charge in [0, 0.05) is 0 Å². The van der Waals surface area contributed by atoms with Crippen LogP contribution in [0.1, 0.15) is 103 Å². The summed E-state index contributed by atoms with van der Waals surface area (Å²) >= 11 is 0. The normalized spacial score (nSPS) is 44.6. The van der Waals surface area contributed by atoms with Gasteiger partial charge in [-0.2, -0.15) is 0 Å². The highest BCUT2D eigenvalue weighted by Crippen LogP contribution is 2.57. The summed E-state index contributed by atoms with van der Waals surface area (Å²) in [4.78, 5) is 0. The topological polar surface area (TPSA) is 40.5 Å². The van der Waals surface area contributed by atoms with Crippen molar-refractivity contribution in [2.45, 2.75) is 114 Å². The molecule has 0 heterocycles. The molecule has 0 amide bonds. The average molecular weight is 375 g/mol. The highest BCUT2D eigenvalue weighted by atomic mass is 16.3. The molecule has 0 aromatic carbocycles. The second kappa shape index (κ2) is 7.82. The van der Waals surface area contributed by atoms with Crippen LogP contribution >= 0.6 is 0 Å². The molecular weight excluding hydrogens is 332 g/mol. The van der Waals surface area contributed by atoms with Crippen molar-refractivity contribution in [1.82, 2.24) is 0 Å². The maximum Gasteiger partial charge on any atom is 0.0707 e. The van der Waals surface area contributed by atoms with Crippen LogP contribution in [0.5, 0.6) is 0 Å². The van der Waals surface area contributed by atoms with Crippen LogP contribution in [0.25, 0.3) is 0 Å². The SMILES string of the molecule is C=C(C1CCCCC1)C1CCC(O)(C2CCCCC2)C2CCC(C)(O)C2C1. The fourth-order valence-corrected chi connectivity index (χ4v) is 7.55. The summed E-state index contributed by atoms with van der Waals surface area (Å²) in [5.41, 5.74) is 0.305. The molecule has 5 unspecified atom stereocenters. The summed E-state index contributed by atoms with van der Waals surface area (Å²) in [7, 11) is 0. The van der Waals surface area contributed by atoms with Gasteiger partial charge in [-0.1, -0.05) is 50.7 Å². The number of rotatable bonds is 3. The zero-order valence-corrected chi connectivity index (χ0v) is 17.6. The quantitative estimate of drug-likeness (QED) is 0.594. The van der Waals surface area contributed by atoms with E-state index in [-0.39, 0.29) is 5.92 Å². The van der Waals surface area contributed by atoms with Crippen LogP contribution in [-0.2, 0) is 0 Å². The smallest absolute Gasteiger partial charge is 0.0707 e. The maximum atomic E-state index is 12.0. The summed E-state index contributed by atoms with van der Waals surface area (Å²) in [5.74, 6) is 2.18. The first-order valence-electron chi connectivity index (χ1n) is 12.1. The summed E-state index contributed by atoms with van der Waals surface area (Å²) in [5, 5.41) is 23.3. The van der Waals surface area contributed by atoms with Gasteiger partial charge in [0.25, 0.3) is 0 Å². The highest BCUT2D eigenvalue weighted by Gasteiger charge is 2.57. The van der Waals surface area contributed by atoms with Crippen LogP contribution in [0.15, 0.2) is 12.2 Å². The number of hydrogen-bond donors (Lipinski definition) is 2. The van der Waals surface area contributed by atoms with Crippen molar-refractivity contribution >= 4 is 0 Å². The molecule has 5 atom stereocenters. The molecule has 0 bridgehead atoms. The second-order valence-electron chi connectivity index (χ2n) is 10.8. The molecule has 4 aliphatic rings. The predicted octanol–water partition coefficient (Wildman–Crippen LogP) is 6.01. The molecule has 0 aromatic heterocycles. The van der Waals surface area contributed by atoms with Gasteiger partial charge < -0.3 is 10.2 Å². The van der Waals surface area contributed by atoms with E-state index in [2.05, 4.69) is 6.58 Å². The van der Waals surface area contributed by atoms with E-state index in [9.17, 15) is 10.2 Å². The average Bonchev–Trinajstić information content (AvgIpc) is 2.90. The molecule has 0 saturated heterocycles. The number of fused-ring (bicyclic) bond motifs is 1. The molecule has 4 saturated carbocycles. The van der Waals surface area contributed by atoms with Crippen LogP contribution < -0.4 is 0 Å². The van der Waals surface area contributed by atoms with Gasteiger partial charge in [0.05, 0.1) is 11.2 Å². The molecule has 2 N–H and O–H groups in total. The van der Waals surface area contributed by atoms with Crippen LogP contribution in [-0.4, -0.2) is 21.4 Å². The third kappa shape index (κ3) is 3.78. The minimum atomic E-state index is -0.608. The zero-order chi connectivity index (χ0) is 19.1. The van der Waals surface area contributed by atoms with Gasteiger partial charge in [-0.25, -0.2) is 0 Å². The number of hydrogen-bond acceptors (Lipinski definition) is 2. The summed E-state index contributed by atoms with van der Waals surface area (Å²) in [6.07, 6.45) is 17.9. The van der Waals surface area contributed by atoms with E-state index in [1.807, 2.05) is 6.92 Å². The van der Waals surface area contributed by atoms with Crippen molar-refractivity contribution in [3.63, 3.8) is 0 Å². The van der Waals surface area contributed by atoms with Gasteiger partial charge >= 0.3 is 0 Å². The van der Waals surface area contributed by atoms with Crippen molar-refractivity contribution in [1.29, 1.82) is 0 Å². The Morgan fingerprint density at radius 2 is 1.37 bits per heavy atom. The van der Waals surface area contributed by atoms with Crippen LogP contribution in [0.2, 0.25) is 0 Å². The Labute approximate surface area is 166 Å². The third-order valence-corrected chi connectivity index (χ3v) is 9.29. The van der Waals surface area contributed by atoms with Crippen LogP contribution in [0.3, 0.4) is 0 Å². The Kier molecular flexibility index (Phi) is 5.78. The highest BCUT2D eigenvalue weighted by molar-refractivity contribution is 5.14. The molecule has 2 heteroatoms. The van der Waals surface area contributed by atoms with Gasteiger partial charge in [-0.15, -0.1) is 0 Å². The summed E-state index contributed by atoms with van der Waals surface area (Å²) in [6, 6.07) is 0. The van der Waals surface area contributed by atoms with Crippen molar-refractivity contribution in [2.75, 3.05) is 0 Å². The third-order valence-electron chi connectivity index (χ3n) is 9.29. The van der Waals surface area contributed by atoms with Gasteiger partial charge in [0.2, 0.25) is 0 Å². The van der Waals surface area contributed by atoms with E-state index in [0.717, 1.165) is 32.1 Å². The lowest BCUT2D eigenvalue weighted by atomic mass is 9.65. The van der Waals surface area contributed by atoms with E-state index in [1.165, 1.54) is 69.8 Å². The van der Waals surface area contributed by atoms with E-state index in [0.29, 0.717) is 23.7 Å². The first-order chi connectivity index (χ1) is 12.9. The zero-order valence-electron chi connectivity index (χ0n) is 17.6. The molecule has 0 spiro atoms. The first kappa shape index (κ1) is 20.0. The Bertz CT molecular complexity index is 526. The fraction of sp³-hybridized carbons (Fsp3) is 0.920. The number of aliphatic hydroxyl groups is 2. The fourth-order valence-electron chi connectivity index (χ4n) is 7.55. The van der Waals surface area contributed by atoms with Gasteiger partial charge in [0.15, 0.2) is 0 Å². The monoisotopic (exact) mass is 374 g/mol. The molecular formula is C25H42O2. The Balaban J connectivity index is 1.57. The molecule has 27 heavy (non-hydrogen) atoms. The van der Waals surface area contributed by atoms with Crippen molar-refractivity contribution in [2.24, 2.45) is 29.6 Å². The first-order valence-corrected chi connectivity index (χ1v) is 12.1. The lowest BCUT2D eigenvalue weighted by molar-refractivity contribution is -0.109. The lowest BCUT2D eigenvalue weighted by Crippen LogP contribution is -2.48. The largest absolute Gasteiger partial charge is 0.390 e. The van der Waals surface area contributed by atoms with E-state index in [4.69, 9.17) is 0 Å². The minimum Gasteiger partial charge on any atom is -0.390 e. The Morgan fingerprint density at radius 3 is 2.04 bits per heavy atom. The molecule has 2 nitrogen and oxygen atoms in total. The molecule has 4 aliphatic carbocycles. The van der Waals surface area contributed by atoms with Crippen LogP contribution in [0, 0.1) is 29.6 Å². The molecule has 4 rings (SSSR count). The predicted molar refractivity (Wildman–Crippen MR) is 111 cm³/mol. The van der Waals surface area contributed by atoms with Crippen LogP contribution in [0.4, 0.5) is 0 Å². The van der Waals surface area contributed by atoms with Crippen molar-refractivity contribution in [3.8, 4) is 0 Å².